The van der Waals surface area contributed by atoms with Gasteiger partial charge in [-0.25, -0.2) is 4.98 Å². The summed E-state index contributed by atoms with van der Waals surface area (Å²) in [6.45, 7) is 0.0289. The molecule has 0 N–H and O–H groups in total. The fourth-order valence-electron chi connectivity index (χ4n) is 10.9. The number of benzene rings is 8. The number of rotatable bonds is 1. The molecule has 2 aliphatic heterocycles. The van der Waals surface area contributed by atoms with Crippen molar-refractivity contribution in [2.24, 2.45) is 0 Å². The maximum Gasteiger partial charge on any atom is 0.252 e. The van der Waals surface area contributed by atoms with Crippen molar-refractivity contribution in [2.45, 2.75) is 0 Å². The van der Waals surface area contributed by atoms with Gasteiger partial charge in [-0.2, -0.15) is 0 Å². The van der Waals surface area contributed by atoms with Gasteiger partial charge in [-0.1, -0.05) is 109 Å². The van der Waals surface area contributed by atoms with Crippen LogP contribution in [0.2, 0.25) is 0 Å². The van der Waals surface area contributed by atoms with Crippen LogP contribution < -0.4 is 16.4 Å². The molecule has 6 heteroatoms. The summed E-state index contributed by atoms with van der Waals surface area (Å²) < 4.78 is 7.98. The predicted octanol–water partition coefficient (Wildman–Crippen LogP) is 12.0. The summed E-state index contributed by atoms with van der Waals surface area (Å²) in [5.41, 5.74) is 14.7. The van der Waals surface area contributed by atoms with E-state index in [1.807, 2.05) is 22.7 Å². The molecule has 0 saturated heterocycles. The van der Waals surface area contributed by atoms with Crippen LogP contribution in [0.5, 0.6) is 0 Å². The first kappa shape index (κ1) is 29.5. The third kappa shape index (κ3) is 3.50. The van der Waals surface area contributed by atoms with E-state index in [9.17, 15) is 0 Å². The Balaban J connectivity index is 1.24. The lowest BCUT2D eigenvalue weighted by atomic mass is 9.34. The molecule has 13 aromatic rings. The van der Waals surface area contributed by atoms with E-state index in [2.05, 4.69) is 165 Å². The molecule has 5 aromatic heterocycles. The lowest BCUT2D eigenvalue weighted by Crippen LogP contribution is -2.59. The standard InChI is InChI=1S/C51H26BN3S2/c1-2-14-37-27(7-1)19-22-38(53-37)32-23-41-47-42(24-32)55-40-16-6-11-29-9-4-13-34(44(29)40)51-46-31(26-57-51)18-21-36(49(46)55)52(47)35-20-17-30-25-56-50-33-12-3-8-28-10-5-15-39(43(28)33)54(41)48(35)45(30)50/h1-26H. The first-order valence-corrected chi connectivity index (χ1v) is 21.3. The Morgan fingerprint density at radius 1 is 0.456 bits per heavy atom. The number of hydrogen-bond donors (Lipinski definition) is 0. The summed E-state index contributed by atoms with van der Waals surface area (Å²) in [6, 6.07) is 54.9. The van der Waals surface area contributed by atoms with E-state index in [0.717, 1.165) is 22.2 Å². The van der Waals surface area contributed by atoms with Crippen molar-refractivity contribution in [2.75, 3.05) is 0 Å². The minimum Gasteiger partial charge on any atom is -0.310 e. The minimum absolute atomic E-state index is 0.0289. The molecule has 8 aromatic carbocycles. The second-order valence-electron chi connectivity index (χ2n) is 15.8. The zero-order chi connectivity index (χ0) is 36.7. The largest absolute Gasteiger partial charge is 0.310 e. The molecule has 260 valence electrons. The monoisotopic (exact) mass is 755 g/mol. The Morgan fingerprint density at radius 2 is 0.982 bits per heavy atom. The number of para-hydroxylation sites is 1. The maximum atomic E-state index is 5.36. The van der Waals surface area contributed by atoms with Gasteiger partial charge in [0.1, 0.15) is 0 Å². The lowest BCUT2D eigenvalue weighted by molar-refractivity contribution is 1.14. The van der Waals surface area contributed by atoms with Crippen LogP contribution in [0.4, 0.5) is 0 Å². The highest BCUT2D eigenvalue weighted by atomic mass is 32.1. The van der Waals surface area contributed by atoms with Gasteiger partial charge in [-0.3, -0.25) is 0 Å². The summed E-state index contributed by atoms with van der Waals surface area (Å²) in [5.74, 6) is 0. The number of pyridine rings is 1. The van der Waals surface area contributed by atoms with Crippen molar-refractivity contribution < 1.29 is 0 Å². The fourth-order valence-corrected chi connectivity index (χ4v) is 13.0. The van der Waals surface area contributed by atoms with Crippen molar-refractivity contribution in [3.63, 3.8) is 0 Å². The van der Waals surface area contributed by atoms with E-state index in [-0.39, 0.29) is 6.71 Å². The average Bonchev–Trinajstić information content (AvgIpc) is 3.84. The summed E-state index contributed by atoms with van der Waals surface area (Å²) in [5, 5.41) is 19.0. The Morgan fingerprint density at radius 3 is 1.58 bits per heavy atom. The van der Waals surface area contributed by atoms with Crippen molar-refractivity contribution in [1.82, 2.24) is 14.1 Å². The molecule has 0 aliphatic carbocycles. The molecule has 0 amide bonds. The van der Waals surface area contributed by atoms with Crippen LogP contribution in [-0.4, -0.2) is 20.8 Å². The van der Waals surface area contributed by atoms with Crippen LogP contribution in [0.3, 0.4) is 0 Å². The number of thiophene rings is 2. The quantitative estimate of drug-likeness (QED) is 0.153. The predicted molar refractivity (Wildman–Crippen MR) is 246 cm³/mol. The van der Waals surface area contributed by atoms with Gasteiger partial charge >= 0.3 is 0 Å². The maximum absolute atomic E-state index is 5.36. The van der Waals surface area contributed by atoms with E-state index in [4.69, 9.17) is 4.98 Å². The van der Waals surface area contributed by atoms with Crippen LogP contribution in [0.15, 0.2) is 156 Å². The van der Waals surface area contributed by atoms with Gasteiger partial charge < -0.3 is 9.13 Å². The third-order valence-electron chi connectivity index (χ3n) is 13.2. The summed E-state index contributed by atoms with van der Waals surface area (Å²) in [4.78, 5) is 5.36. The van der Waals surface area contributed by atoms with E-state index in [1.54, 1.807) is 0 Å². The molecule has 0 fully saturated rings. The number of hydrogen-bond acceptors (Lipinski definition) is 3. The average molecular weight is 756 g/mol. The molecule has 2 aliphatic rings. The normalized spacial score (nSPS) is 13.2. The van der Waals surface area contributed by atoms with Crippen LogP contribution in [0, 0.1) is 0 Å². The number of fused-ring (bicyclic) bond motifs is 9. The lowest BCUT2D eigenvalue weighted by Gasteiger charge is -2.36. The molecule has 0 atom stereocenters. The molecule has 3 nitrogen and oxygen atoms in total. The van der Waals surface area contributed by atoms with Gasteiger partial charge in [0.2, 0.25) is 0 Å². The Labute approximate surface area is 333 Å². The van der Waals surface area contributed by atoms with E-state index in [1.165, 1.54) is 113 Å². The molecule has 57 heavy (non-hydrogen) atoms. The van der Waals surface area contributed by atoms with Crippen LogP contribution in [0.1, 0.15) is 0 Å². The molecular weight excluding hydrogens is 730 g/mol. The SMILES string of the molecule is c1ccc2nc(-c3cc4c5c(c3)-n3c6cccc7cccc(c8scc9ccc(c3c98)B5c3ccc5csc8c9cccc%10cccc(c%109)n-4c3c58)c76)ccc2c1. The van der Waals surface area contributed by atoms with Crippen molar-refractivity contribution in [3.8, 4) is 22.6 Å². The van der Waals surface area contributed by atoms with Crippen LogP contribution in [-0.2, 0) is 0 Å². The summed E-state index contributed by atoms with van der Waals surface area (Å²) in [6.07, 6.45) is 0. The molecule has 0 bridgehead atoms. The first-order chi connectivity index (χ1) is 28.3. The Bertz CT molecular complexity index is 3780. The third-order valence-corrected chi connectivity index (χ3v) is 15.2. The minimum atomic E-state index is 0.0289. The van der Waals surface area contributed by atoms with Crippen molar-refractivity contribution in [3.05, 3.63) is 156 Å². The van der Waals surface area contributed by atoms with Gasteiger partial charge in [0.15, 0.2) is 0 Å². The fraction of sp³-hybridized carbons (Fsp3) is 0. The zero-order valence-electron chi connectivity index (χ0n) is 30.2. The molecule has 0 radical (unpaired) electrons. The molecule has 7 heterocycles. The summed E-state index contributed by atoms with van der Waals surface area (Å²) >= 11 is 3.76. The molecule has 15 rings (SSSR count). The van der Waals surface area contributed by atoms with E-state index in [0.29, 0.717) is 0 Å². The number of nitrogens with zero attached hydrogens (tertiary/aromatic N) is 3. The van der Waals surface area contributed by atoms with E-state index >= 15 is 0 Å². The van der Waals surface area contributed by atoms with E-state index < -0.39 is 0 Å². The zero-order valence-corrected chi connectivity index (χ0v) is 31.9. The Kier molecular flexibility index (Phi) is 5.27. The Hall–Kier alpha value is -6.73. The van der Waals surface area contributed by atoms with Gasteiger partial charge in [0.25, 0.3) is 6.71 Å². The highest BCUT2D eigenvalue weighted by molar-refractivity contribution is 7.20. The van der Waals surface area contributed by atoms with Crippen molar-refractivity contribution >= 4 is 142 Å². The van der Waals surface area contributed by atoms with Crippen LogP contribution in [0.25, 0.3) is 119 Å². The first-order valence-electron chi connectivity index (χ1n) is 19.6. The molecule has 0 saturated carbocycles. The van der Waals surface area contributed by atoms with Gasteiger partial charge in [0, 0.05) is 64.0 Å². The molecule has 0 unspecified atom stereocenters. The highest BCUT2D eigenvalue weighted by Gasteiger charge is 2.41. The highest BCUT2D eigenvalue weighted by Crippen LogP contribution is 2.46. The molecule has 0 spiro atoms. The van der Waals surface area contributed by atoms with Crippen LogP contribution >= 0.6 is 22.7 Å². The second-order valence-corrected chi connectivity index (χ2v) is 17.6. The van der Waals surface area contributed by atoms with Gasteiger partial charge in [-0.05, 0) is 85.1 Å². The van der Waals surface area contributed by atoms with Gasteiger partial charge in [0.05, 0.1) is 33.3 Å². The van der Waals surface area contributed by atoms with Crippen molar-refractivity contribution in [1.29, 1.82) is 0 Å². The van der Waals surface area contributed by atoms with Gasteiger partial charge in [-0.15, -0.1) is 22.7 Å². The second kappa shape index (κ2) is 10.2. The molecular formula is C51H26BN3S2. The smallest absolute Gasteiger partial charge is 0.252 e. The number of aromatic nitrogens is 3. The topological polar surface area (TPSA) is 22.8 Å². The summed E-state index contributed by atoms with van der Waals surface area (Å²) in [7, 11) is 0.